The van der Waals surface area contributed by atoms with E-state index in [1.807, 2.05) is 24.3 Å². The molecule has 0 radical (unpaired) electrons. The summed E-state index contributed by atoms with van der Waals surface area (Å²) < 4.78 is 38.4. The van der Waals surface area contributed by atoms with Gasteiger partial charge in [-0.3, -0.25) is 4.79 Å². The van der Waals surface area contributed by atoms with Crippen molar-refractivity contribution in [1.82, 2.24) is 9.21 Å². The maximum absolute atomic E-state index is 13.3. The van der Waals surface area contributed by atoms with Gasteiger partial charge in [0.15, 0.2) is 0 Å². The molecule has 0 bridgehead atoms. The van der Waals surface area contributed by atoms with Crippen molar-refractivity contribution in [2.75, 3.05) is 58.4 Å². The maximum Gasteiger partial charge on any atom is 0.253 e. The number of benzene rings is 2. The highest BCUT2D eigenvalue weighted by molar-refractivity contribution is 7.89. The SMILES string of the molecule is COc1ccc(N2CCCN(C(=O)c3ccc(OC)c(S(=O)(=O)N4CCCC4)c3)CC2)cc1. The van der Waals surface area contributed by atoms with Gasteiger partial charge in [0.25, 0.3) is 5.91 Å². The lowest BCUT2D eigenvalue weighted by atomic mass is 10.2. The molecule has 2 aliphatic rings. The van der Waals surface area contributed by atoms with Gasteiger partial charge in [0.05, 0.1) is 14.2 Å². The summed E-state index contributed by atoms with van der Waals surface area (Å²) in [5.74, 6) is 0.914. The van der Waals surface area contributed by atoms with E-state index in [1.54, 1.807) is 24.1 Å². The Hall–Kier alpha value is -2.78. The molecule has 2 heterocycles. The highest BCUT2D eigenvalue weighted by atomic mass is 32.2. The number of hydrogen-bond donors (Lipinski definition) is 0. The van der Waals surface area contributed by atoms with Crippen molar-refractivity contribution >= 4 is 21.6 Å². The van der Waals surface area contributed by atoms with Crippen molar-refractivity contribution in [3.05, 3.63) is 48.0 Å². The number of nitrogens with zero attached hydrogens (tertiary/aromatic N) is 3. The average molecular weight is 474 g/mol. The molecule has 0 atom stereocenters. The van der Waals surface area contributed by atoms with Crippen LogP contribution in [0.2, 0.25) is 0 Å². The average Bonchev–Trinajstić information content (AvgIpc) is 3.29. The summed E-state index contributed by atoms with van der Waals surface area (Å²) in [5.41, 5.74) is 1.46. The van der Waals surface area contributed by atoms with Crippen LogP contribution in [0.4, 0.5) is 5.69 Å². The molecule has 2 aromatic carbocycles. The fourth-order valence-electron chi connectivity index (χ4n) is 4.43. The summed E-state index contributed by atoms with van der Waals surface area (Å²) in [7, 11) is -0.616. The number of carbonyl (C=O) groups excluding carboxylic acids is 1. The van der Waals surface area contributed by atoms with Gasteiger partial charge >= 0.3 is 0 Å². The summed E-state index contributed by atoms with van der Waals surface area (Å²) in [4.78, 5) is 17.4. The number of methoxy groups -OCH3 is 2. The van der Waals surface area contributed by atoms with Crippen LogP contribution >= 0.6 is 0 Å². The van der Waals surface area contributed by atoms with Gasteiger partial charge < -0.3 is 19.3 Å². The van der Waals surface area contributed by atoms with Crippen LogP contribution in [0.25, 0.3) is 0 Å². The van der Waals surface area contributed by atoms with Crippen molar-refractivity contribution in [3.63, 3.8) is 0 Å². The molecule has 2 fully saturated rings. The Bertz CT molecular complexity index is 1080. The Balaban J connectivity index is 1.51. The first-order valence-electron chi connectivity index (χ1n) is 11.3. The molecule has 2 aliphatic heterocycles. The van der Waals surface area contributed by atoms with Crippen molar-refractivity contribution in [3.8, 4) is 11.5 Å². The van der Waals surface area contributed by atoms with Gasteiger partial charge in [0.1, 0.15) is 16.4 Å². The molecular weight excluding hydrogens is 442 g/mol. The largest absolute Gasteiger partial charge is 0.497 e. The highest BCUT2D eigenvalue weighted by Gasteiger charge is 2.31. The molecule has 0 N–H and O–H groups in total. The van der Waals surface area contributed by atoms with E-state index >= 15 is 0 Å². The molecular formula is C24H31N3O5S. The van der Waals surface area contributed by atoms with Gasteiger partial charge in [-0.2, -0.15) is 4.31 Å². The number of carbonyl (C=O) groups is 1. The molecule has 0 spiro atoms. The second-order valence-corrected chi connectivity index (χ2v) is 10.2. The highest BCUT2D eigenvalue weighted by Crippen LogP contribution is 2.30. The van der Waals surface area contributed by atoms with Gasteiger partial charge in [-0.25, -0.2) is 8.42 Å². The number of anilines is 1. The Morgan fingerprint density at radius 3 is 2.21 bits per heavy atom. The first-order valence-corrected chi connectivity index (χ1v) is 12.7. The van der Waals surface area contributed by atoms with Crippen molar-refractivity contribution < 1.29 is 22.7 Å². The molecule has 8 nitrogen and oxygen atoms in total. The predicted molar refractivity (Wildman–Crippen MR) is 127 cm³/mol. The molecule has 0 aromatic heterocycles. The van der Waals surface area contributed by atoms with Crippen LogP contribution in [0, 0.1) is 0 Å². The standard InChI is InChI=1S/C24H31N3O5S/c1-31-21-9-7-20(8-10-21)25-12-5-13-26(17-16-25)24(28)19-6-11-22(32-2)23(18-19)33(29,30)27-14-3-4-15-27/h6-11,18H,3-5,12-17H2,1-2H3. The molecule has 9 heteroatoms. The van der Waals surface area contributed by atoms with Gasteiger partial charge in [-0.1, -0.05) is 0 Å². The van der Waals surface area contributed by atoms with Crippen LogP contribution < -0.4 is 14.4 Å². The van der Waals surface area contributed by atoms with Crippen molar-refractivity contribution in [2.45, 2.75) is 24.2 Å². The van der Waals surface area contributed by atoms with E-state index in [4.69, 9.17) is 9.47 Å². The third kappa shape index (κ3) is 4.94. The molecule has 0 saturated carbocycles. The van der Waals surface area contributed by atoms with E-state index < -0.39 is 10.0 Å². The molecule has 1 amide bonds. The van der Waals surface area contributed by atoms with E-state index in [-0.39, 0.29) is 16.6 Å². The van der Waals surface area contributed by atoms with E-state index in [2.05, 4.69) is 4.90 Å². The normalized spacial score (nSPS) is 17.6. The van der Waals surface area contributed by atoms with Gasteiger partial charge in [-0.15, -0.1) is 0 Å². The van der Waals surface area contributed by atoms with E-state index in [1.165, 1.54) is 17.5 Å². The van der Waals surface area contributed by atoms with Crippen LogP contribution in [0.3, 0.4) is 0 Å². The topological polar surface area (TPSA) is 79.4 Å². The summed E-state index contributed by atoms with van der Waals surface area (Å²) in [6, 6.07) is 12.6. The van der Waals surface area contributed by atoms with Crippen LogP contribution in [0.1, 0.15) is 29.6 Å². The van der Waals surface area contributed by atoms with E-state index in [9.17, 15) is 13.2 Å². The zero-order valence-corrected chi connectivity index (χ0v) is 20.0. The zero-order chi connectivity index (χ0) is 23.4. The summed E-state index contributed by atoms with van der Waals surface area (Å²) >= 11 is 0. The monoisotopic (exact) mass is 473 g/mol. The maximum atomic E-state index is 13.3. The van der Waals surface area contributed by atoms with Crippen LogP contribution in [-0.2, 0) is 10.0 Å². The minimum Gasteiger partial charge on any atom is -0.497 e. The number of ether oxygens (including phenoxy) is 2. The van der Waals surface area contributed by atoms with Crippen LogP contribution in [-0.4, -0.2) is 77.0 Å². The quantitative estimate of drug-likeness (QED) is 0.642. The Labute approximate surface area is 195 Å². The fourth-order valence-corrected chi connectivity index (χ4v) is 6.13. The lowest BCUT2D eigenvalue weighted by Gasteiger charge is -2.24. The molecule has 2 aromatic rings. The Morgan fingerprint density at radius 1 is 0.818 bits per heavy atom. The zero-order valence-electron chi connectivity index (χ0n) is 19.2. The molecule has 0 unspecified atom stereocenters. The lowest BCUT2D eigenvalue weighted by molar-refractivity contribution is 0.0766. The molecule has 4 rings (SSSR count). The molecule has 178 valence electrons. The molecule has 0 aliphatic carbocycles. The third-order valence-electron chi connectivity index (χ3n) is 6.31. The Kier molecular flexibility index (Phi) is 7.09. The summed E-state index contributed by atoms with van der Waals surface area (Å²) in [5, 5.41) is 0. The summed E-state index contributed by atoms with van der Waals surface area (Å²) in [6.07, 6.45) is 2.52. The van der Waals surface area contributed by atoms with Crippen molar-refractivity contribution in [1.29, 1.82) is 0 Å². The minimum atomic E-state index is -3.71. The predicted octanol–water partition coefficient (Wildman–Crippen LogP) is 2.84. The minimum absolute atomic E-state index is 0.0624. The van der Waals surface area contributed by atoms with Crippen LogP contribution in [0.15, 0.2) is 47.4 Å². The van der Waals surface area contributed by atoms with Crippen molar-refractivity contribution in [2.24, 2.45) is 0 Å². The van der Waals surface area contributed by atoms with E-state index in [0.717, 1.165) is 37.2 Å². The summed E-state index contributed by atoms with van der Waals surface area (Å²) in [6.45, 7) is 3.71. The van der Waals surface area contributed by atoms with Gasteiger partial charge in [0.2, 0.25) is 10.0 Å². The first-order chi connectivity index (χ1) is 15.9. The number of hydrogen-bond acceptors (Lipinski definition) is 6. The smallest absolute Gasteiger partial charge is 0.253 e. The van der Waals surface area contributed by atoms with Gasteiger partial charge in [0, 0.05) is 50.5 Å². The van der Waals surface area contributed by atoms with E-state index in [0.29, 0.717) is 38.3 Å². The molecule has 2 saturated heterocycles. The fraction of sp³-hybridized carbons (Fsp3) is 0.458. The second kappa shape index (κ2) is 10.0. The number of sulfonamides is 1. The van der Waals surface area contributed by atoms with Gasteiger partial charge in [-0.05, 0) is 61.7 Å². The first kappa shape index (κ1) is 23.4. The lowest BCUT2D eigenvalue weighted by Crippen LogP contribution is -2.35. The Morgan fingerprint density at radius 2 is 1.55 bits per heavy atom. The molecule has 33 heavy (non-hydrogen) atoms. The number of rotatable bonds is 6. The second-order valence-electron chi connectivity index (χ2n) is 8.31. The van der Waals surface area contributed by atoms with Crippen LogP contribution in [0.5, 0.6) is 11.5 Å². The third-order valence-corrected chi connectivity index (χ3v) is 8.23. The number of amides is 1.